The summed E-state index contributed by atoms with van der Waals surface area (Å²) in [5.74, 6) is 1.82. The summed E-state index contributed by atoms with van der Waals surface area (Å²) in [5.41, 5.74) is 2.26. The summed E-state index contributed by atoms with van der Waals surface area (Å²) in [4.78, 5) is 0. The van der Waals surface area contributed by atoms with Gasteiger partial charge in [-0.2, -0.15) is 0 Å². The molecule has 3 nitrogen and oxygen atoms in total. The summed E-state index contributed by atoms with van der Waals surface area (Å²) in [6.07, 6.45) is 2.36. The Labute approximate surface area is 111 Å². The Kier molecular flexibility index (Phi) is 3.94. The molecule has 1 saturated heterocycles. The van der Waals surface area contributed by atoms with Crippen LogP contribution in [0.1, 0.15) is 30.0 Å². The van der Waals surface area contributed by atoms with Crippen molar-refractivity contribution in [2.45, 2.75) is 25.8 Å². The van der Waals surface area contributed by atoms with Crippen LogP contribution in [0.3, 0.4) is 0 Å². The third-order valence-electron chi connectivity index (χ3n) is 3.31. The van der Waals surface area contributed by atoms with E-state index < -0.39 is 0 Å². The van der Waals surface area contributed by atoms with Gasteiger partial charge in [-0.3, -0.25) is 0 Å². The van der Waals surface area contributed by atoms with Gasteiger partial charge in [-0.05, 0) is 48.3 Å². The third kappa shape index (κ3) is 2.29. The van der Waals surface area contributed by atoms with Crippen molar-refractivity contribution in [1.82, 2.24) is 5.32 Å². The lowest BCUT2D eigenvalue weighted by molar-refractivity contribution is 0.388. The van der Waals surface area contributed by atoms with Crippen LogP contribution in [0.5, 0.6) is 11.5 Å². The zero-order chi connectivity index (χ0) is 12.4. The number of ether oxygens (including phenoxy) is 2. The topological polar surface area (TPSA) is 30.5 Å². The number of benzene rings is 1. The van der Waals surface area contributed by atoms with Gasteiger partial charge in [0.25, 0.3) is 0 Å². The fourth-order valence-corrected chi connectivity index (χ4v) is 2.93. The SMILES string of the molecule is COc1cc(C2CCCN2)c(OC)c(Br)c1C. The van der Waals surface area contributed by atoms with Crippen LogP contribution in [-0.4, -0.2) is 20.8 Å². The van der Waals surface area contributed by atoms with Crippen molar-refractivity contribution < 1.29 is 9.47 Å². The number of methoxy groups -OCH3 is 2. The minimum atomic E-state index is 0.371. The second-order valence-electron chi connectivity index (χ2n) is 4.29. The monoisotopic (exact) mass is 299 g/mol. The van der Waals surface area contributed by atoms with Crippen molar-refractivity contribution >= 4 is 15.9 Å². The van der Waals surface area contributed by atoms with E-state index in [0.29, 0.717) is 6.04 Å². The smallest absolute Gasteiger partial charge is 0.138 e. The first-order valence-corrected chi connectivity index (χ1v) is 6.62. The van der Waals surface area contributed by atoms with Gasteiger partial charge in [0.2, 0.25) is 0 Å². The molecule has 1 aromatic carbocycles. The standard InChI is InChI=1S/C13H18BrNO2/c1-8-11(16-2)7-9(10-5-4-6-15-10)13(17-3)12(8)14/h7,10,15H,4-6H2,1-3H3. The average molecular weight is 300 g/mol. The molecule has 4 heteroatoms. The van der Waals surface area contributed by atoms with Gasteiger partial charge in [-0.1, -0.05) is 0 Å². The van der Waals surface area contributed by atoms with Gasteiger partial charge in [0.1, 0.15) is 11.5 Å². The summed E-state index contributed by atoms with van der Waals surface area (Å²) >= 11 is 3.60. The van der Waals surface area contributed by atoms with Gasteiger partial charge in [-0.15, -0.1) is 0 Å². The summed E-state index contributed by atoms with van der Waals surface area (Å²) in [6, 6.07) is 2.46. The molecule has 94 valence electrons. The van der Waals surface area contributed by atoms with Gasteiger partial charge in [0.15, 0.2) is 0 Å². The number of rotatable bonds is 3. The Morgan fingerprint density at radius 3 is 2.65 bits per heavy atom. The fourth-order valence-electron chi connectivity index (χ4n) is 2.35. The number of nitrogens with one attached hydrogen (secondary N) is 1. The molecular weight excluding hydrogens is 282 g/mol. The van der Waals surface area contributed by atoms with Gasteiger partial charge in [-0.25, -0.2) is 0 Å². The van der Waals surface area contributed by atoms with E-state index in [4.69, 9.17) is 9.47 Å². The molecule has 1 unspecified atom stereocenters. The quantitative estimate of drug-likeness (QED) is 0.930. The Hall–Kier alpha value is -0.740. The van der Waals surface area contributed by atoms with Crippen molar-refractivity contribution in [3.8, 4) is 11.5 Å². The fraction of sp³-hybridized carbons (Fsp3) is 0.538. The predicted octanol–water partition coefficient (Wildman–Crippen LogP) is 3.20. The highest BCUT2D eigenvalue weighted by Crippen LogP contribution is 2.42. The second-order valence-corrected chi connectivity index (χ2v) is 5.08. The van der Waals surface area contributed by atoms with Gasteiger partial charge in [0.05, 0.1) is 18.7 Å². The molecule has 1 fully saturated rings. The minimum absolute atomic E-state index is 0.371. The maximum atomic E-state index is 5.53. The lowest BCUT2D eigenvalue weighted by Crippen LogP contribution is -2.14. The van der Waals surface area contributed by atoms with E-state index in [0.717, 1.165) is 34.5 Å². The molecule has 0 saturated carbocycles. The van der Waals surface area contributed by atoms with Crippen molar-refractivity contribution in [2.24, 2.45) is 0 Å². The maximum Gasteiger partial charge on any atom is 0.138 e. The zero-order valence-corrected chi connectivity index (χ0v) is 12.1. The molecule has 0 amide bonds. The number of halogens is 1. The summed E-state index contributed by atoms with van der Waals surface area (Å²) in [7, 11) is 3.41. The van der Waals surface area contributed by atoms with E-state index in [2.05, 4.69) is 27.3 Å². The molecule has 1 aliphatic heterocycles. The molecule has 1 N–H and O–H groups in total. The normalized spacial score (nSPS) is 19.4. The first-order chi connectivity index (χ1) is 8.19. The van der Waals surface area contributed by atoms with Crippen molar-refractivity contribution in [1.29, 1.82) is 0 Å². The summed E-state index contributed by atoms with van der Waals surface area (Å²) in [5, 5.41) is 3.49. The Bertz CT molecular complexity index is 414. The van der Waals surface area contributed by atoms with Crippen molar-refractivity contribution in [3.63, 3.8) is 0 Å². The Morgan fingerprint density at radius 2 is 2.12 bits per heavy atom. The van der Waals surface area contributed by atoms with Crippen molar-refractivity contribution in [3.05, 3.63) is 21.7 Å². The highest BCUT2D eigenvalue weighted by atomic mass is 79.9. The molecule has 1 aromatic rings. The zero-order valence-electron chi connectivity index (χ0n) is 10.5. The maximum absolute atomic E-state index is 5.53. The van der Waals surface area contributed by atoms with Crippen LogP contribution in [0.4, 0.5) is 0 Å². The van der Waals surface area contributed by atoms with Gasteiger partial charge >= 0.3 is 0 Å². The van der Waals surface area contributed by atoms with Crippen LogP contribution >= 0.6 is 15.9 Å². The van der Waals surface area contributed by atoms with E-state index >= 15 is 0 Å². The molecule has 1 heterocycles. The van der Waals surface area contributed by atoms with E-state index in [1.165, 1.54) is 12.0 Å². The summed E-state index contributed by atoms with van der Waals surface area (Å²) in [6.45, 7) is 3.10. The van der Waals surface area contributed by atoms with Crippen LogP contribution in [0.25, 0.3) is 0 Å². The highest BCUT2D eigenvalue weighted by molar-refractivity contribution is 9.10. The van der Waals surface area contributed by atoms with E-state index in [-0.39, 0.29) is 0 Å². The lowest BCUT2D eigenvalue weighted by Gasteiger charge is -2.19. The van der Waals surface area contributed by atoms with E-state index in [9.17, 15) is 0 Å². The number of hydrogen-bond acceptors (Lipinski definition) is 3. The van der Waals surface area contributed by atoms with Crippen molar-refractivity contribution in [2.75, 3.05) is 20.8 Å². The first kappa shape index (κ1) is 12.7. The molecule has 1 atom stereocenters. The molecule has 0 radical (unpaired) electrons. The van der Waals surface area contributed by atoms with Crippen LogP contribution in [0.2, 0.25) is 0 Å². The molecular formula is C13H18BrNO2. The first-order valence-electron chi connectivity index (χ1n) is 5.83. The summed E-state index contributed by atoms with van der Waals surface area (Å²) < 4.78 is 11.9. The third-order valence-corrected chi connectivity index (χ3v) is 4.26. The van der Waals surface area contributed by atoms with Crippen LogP contribution < -0.4 is 14.8 Å². The molecule has 0 aliphatic carbocycles. The minimum Gasteiger partial charge on any atom is -0.496 e. The molecule has 0 aromatic heterocycles. The second kappa shape index (κ2) is 5.27. The molecule has 0 spiro atoms. The molecule has 2 rings (SSSR count). The highest BCUT2D eigenvalue weighted by Gasteiger charge is 2.24. The molecule has 0 bridgehead atoms. The van der Waals surface area contributed by atoms with Crippen LogP contribution in [0.15, 0.2) is 10.5 Å². The molecule has 17 heavy (non-hydrogen) atoms. The largest absolute Gasteiger partial charge is 0.496 e. The molecule has 1 aliphatic rings. The van der Waals surface area contributed by atoms with E-state index in [1.54, 1.807) is 14.2 Å². The Balaban J connectivity index is 2.51. The van der Waals surface area contributed by atoms with E-state index in [1.807, 2.05) is 6.92 Å². The Morgan fingerprint density at radius 1 is 1.35 bits per heavy atom. The van der Waals surface area contributed by atoms with Crippen LogP contribution in [0, 0.1) is 6.92 Å². The number of hydrogen-bond donors (Lipinski definition) is 1. The predicted molar refractivity (Wildman–Crippen MR) is 72.0 cm³/mol. The lowest BCUT2D eigenvalue weighted by atomic mass is 10.0. The van der Waals surface area contributed by atoms with Gasteiger partial charge in [0, 0.05) is 17.2 Å². The van der Waals surface area contributed by atoms with Gasteiger partial charge < -0.3 is 14.8 Å². The average Bonchev–Trinajstić information content (AvgIpc) is 2.86. The van der Waals surface area contributed by atoms with Crippen LogP contribution in [-0.2, 0) is 0 Å².